The van der Waals surface area contributed by atoms with E-state index < -0.39 is 12.5 Å². The van der Waals surface area contributed by atoms with E-state index in [-0.39, 0.29) is 24.4 Å². The van der Waals surface area contributed by atoms with E-state index in [1.165, 1.54) is 29.2 Å². The van der Waals surface area contributed by atoms with Gasteiger partial charge in [0.2, 0.25) is 0 Å². The molecule has 8 heteroatoms. The fourth-order valence-electron chi connectivity index (χ4n) is 2.46. The summed E-state index contributed by atoms with van der Waals surface area (Å²) in [5.74, 6) is -0.307. The van der Waals surface area contributed by atoms with Crippen LogP contribution in [0.2, 0.25) is 0 Å². The van der Waals surface area contributed by atoms with Crippen LogP contribution < -0.4 is 10.1 Å². The molecule has 23 heavy (non-hydrogen) atoms. The predicted octanol–water partition coefficient (Wildman–Crippen LogP) is 2.81. The molecule has 2 unspecified atom stereocenters. The number of rotatable bonds is 3. The first-order valence-electron chi connectivity index (χ1n) is 7.34. The minimum atomic E-state index is -4.73. The van der Waals surface area contributed by atoms with Crippen LogP contribution in [-0.4, -0.2) is 41.6 Å². The van der Waals surface area contributed by atoms with Gasteiger partial charge in [0.1, 0.15) is 5.75 Å². The zero-order valence-corrected chi connectivity index (χ0v) is 12.6. The van der Waals surface area contributed by atoms with Crippen molar-refractivity contribution in [1.29, 1.82) is 0 Å². The summed E-state index contributed by atoms with van der Waals surface area (Å²) in [5.41, 5.74) is 0.658. The number of β-amino-alcohol motifs (C(OH)–C–C–N with tert-alkyl or cyclic N) is 1. The van der Waals surface area contributed by atoms with E-state index >= 15 is 0 Å². The number of carbonyl (C=O) groups excluding carboxylic acids is 1. The fraction of sp³-hybridized carbons (Fsp3) is 0.533. The summed E-state index contributed by atoms with van der Waals surface area (Å²) < 4.78 is 40.1. The highest BCUT2D eigenvalue weighted by atomic mass is 19.4. The van der Waals surface area contributed by atoms with E-state index in [9.17, 15) is 23.1 Å². The average Bonchev–Trinajstić information content (AvgIpc) is 2.46. The molecule has 5 nitrogen and oxygen atoms in total. The molecule has 0 bridgehead atoms. The molecule has 0 aliphatic carbocycles. The smallest absolute Gasteiger partial charge is 0.406 e. The highest BCUT2D eigenvalue weighted by Crippen LogP contribution is 2.24. The SMILES string of the molecule is CC(NC(=O)N1CCCC(O)C1)c1ccc(OC(F)(F)F)cc1. The van der Waals surface area contributed by atoms with Gasteiger partial charge in [0, 0.05) is 13.1 Å². The fourth-order valence-corrected chi connectivity index (χ4v) is 2.46. The number of alkyl halides is 3. The first-order valence-corrected chi connectivity index (χ1v) is 7.34. The first kappa shape index (κ1) is 17.4. The van der Waals surface area contributed by atoms with E-state index in [4.69, 9.17) is 0 Å². The van der Waals surface area contributed by atoms with Crippen molar-refractivity contribution in [2.24, 2.45) is 0 Å². The Morgan fingerprint density at radius 2 is 2.04 bits per heavy atom. The summed E-state index contributed by atoms with van der Waals surface area (Å²) in [4.78, 5) is 13.6. The second-order valence-corrected chi connectivity index (χ2v) is 5.53. The van der Waals surface area contributed by atoms with Crippen molar-refractivity contribution < 1.29 is 27.8 Å². The van der Waals surface area contributed by atoms with Crippen LogP contribution in [0.3, 0.4) is 0 Å². The second kappa shape index (κ2) is 7.08. The van der Waals surface area contributed by atoms with Crippen LogP contribution in [-0.2, 0) is 0 Å². The van der Waals surface area contributed by atoms with E-state index in [0.717, 1.165) is 6.42 Å². The molecule has 1 heterocycles. The number of aliphatic hydroxyl groups is 1. The van der Waals surface area contributed by atoms with Gasteiger partial charge in [-0.1, -0.05) is 12.1 Å². The van der Waals surface area contributed by atoms with Crippen molar-refractivity contribution >= 4 is 6.03 Å². The third kappa shape index (κ3) is 5.31. The second-order valence-electron chi connectivity index (χ2n) is 5.53. The molecule has 2 N–H and O–H groups in total. The lowest BCUT2D eigenvalue weighted by Gasteiger charge is -2.31. The Balaban J connectivity index is 1.92. The molecule has 0 spiro atoms. The lowest BCUT2D eigenvalue weighted by Crippen LogP contribution is -2.47. The lowest BCUT2D eigenvalue weighted by atomic mass is 10.1. The summed E-state index contributed by atoms with van der Waals surface area (Å²) in [5, 5.41) is 12.3. The first-order chi connectivity index (χ1) is 10.7. The van der Waals surface area contributed by atoms with Gasteiger partial charge in [-0.05, 0) is 37.5 Å². The van der Waals surface area contributed by atoms with E-state index in [2.05, 4.69) is 10.1 Å². The van der Waals surface area contributed by atoms with Crippen molar-refractivity contribution in [3.63, 3.8) is 0 Å². The Kier molecular flexibility index (Phi) is 5.35. The molecule has 1 aliphatic heterocycles. The maximum atomic E-state index is 12.1. The molecular weight excluding hydrogens is 313 g/mol. The summed E-state index contributed by atoms with van der Waals surface area (Å²) in [6, 6.07) is 4.67. The predicted molar refractivity (Wildman–Crippen MR) is 76.9 cm³/mol. The van der Waals surface area contributed by atoms with Gasteiger partial charge in [-0.2, -0.15) is 0 Å². The summed E-state index contributed by atoms with van der Waals surface area (Å²) in [6.45, 7) is 2.60. The van der Waals surface area contributed by atoms with Crippen LogP contribution in [0.25, 0.3) is 0 Å². The van der Waals surface area contributed by atoms with Crippen molar-refractivity contribution in [3.05, 3.63) is 29.8 Å². The van der Waals surface area contributed by atoms with Crippen molar-refractivity contribution in [1.82, 2.24) is 10.2 Å². The number of nitrogens with zero attached hydrogens (tertiary/aromatic N) is 1. The maximum Gasteiger partial charge on any atom is 0.573 e. The minimum Gasteiger partial charge on any atom is -0.406 e. The van der Waals surface area contributed by atoms with Crippen LogP contribution in [0.5, 0.6) is 5.75 Å². The third-order valence-electron chi connectivity index (χ3n) is 3.64. The number of likely N-dealkylation sites (tertiary alicyclic amines) is 1. The molecule has 1 aliphatic rings. The van der Waals surface area contributed by atoms with Crippen molar-refractivity contribution in [2.75, 3.05) is 13.1 Å². The largest absolute Gasteiger partial charge is 0.573 e. The standard InChI is InChI=1S/C15H19F3N2O3/c1-10(19-14(22)20-8-2-3-12(21)9-20)11-4-6-13(7-5-11)23-15(16,17)18/h4-7,10,12,21H,2-3,8-9H2,1H3,(H,19,22). The molecule has 2 atom stereocenters. The Bertz CT molecular complexity index is 534. The number of ether oxygens (including phenoxy) is 1. The Labute approximate surface area is 132 Å². The van der Waals surface area contributed by atoms with Gasteiger partial charge in [-0.3, -0.25) is 0 Å². The molecule has 1 aromatic carbocycles. The zero-order chi connectivity index (χ0) is 17.0. The zero-order valence-electron chi connectivity index (χ0n) is 12.6. The Morgan fingerprint density at radius 3 is 2.61 bits per heavy atom. The van der Waals surface area contributed by atoms with Crippen molar-refractivity contribution in [3.8, 4) is 5.75 Å². The lowest BCUT2D eigenvalue weighted by molar-refractivity contribution is -0.274. The van der Waals surface area contributed by atoms with Gasteiger partial charge in [0.15, 0.2) is 0 Å². The van der Waals surface area contributed by atoms with Gasteiger partial charge in [0.25, 0.3) is 0 Å². The molecule has 1 fully saturated rings. The molecule has 0 radical (unpaired) electrons. The number of nitrogens with one attached hydrogen (secondary N) is 1. The average molecular weight is 332 g/mol. The number of piperidine rings is 1. The minimum absolute atomic E-state index is 0.289. The molecule has 0 aromatic heterocycles. The van der Waals surface area contributed by atoms with E-state index in [0.29, 0.717) is 18.5 Å². The third-order valence-corrected chi connectivity index (χ3v) is 3.64. The number of hydrogen-bond donors (Lipinski definition) is 2. The van der Waals surface area contributed by atoms with Gasteiger partial charge >= 0.3 is 12.4 Å². The van der Waals surface area contributed by atoms with Crippen LogP contribution in [0, 0.1) is 0 Å². The molecule has 2 rings (SSSR count). The van der Waals surface area contributed by atoms with Gasteiger partial charge in [0.05, 0.1) is 12.1 Å². The molecule has 0 saturated carbocycles. The number of carbonyl (C=O) groups is 1. The Morgan fingerprint density at radius 1 is 1.39 bits per heavy atom. The number of urea groups is 1. The quantitative estimate of drug-likeness (QED) is 0.895. The van der Waals surface area contributed by atoms with Gasteiger partial charge in [-0.15, -0.1) is 13.2 Å². The van der Waals surface area contributed by atoms with Crippen LogP contribution in [0.15, 0.2) is 24.3 Å². The highest BCUT2D eigenvalue weighted by molar-refractivity contribution is 5.74. The molecular formula is C15H19F3N2O3. The van der Waals surface area contributed by atoms with Crippen LogP contribution in [0.1, 0.15) is 31.4 Å². The number of benzene rings is 1. The summed E-state index contributed by atoms with van der Waals surface area (Å²) in [6.07, 6.45) is -3.81. The molecule has 1 aromatic rings. The topological polar surface area (TPSA) is 61.8 Å². The monoisotopic (exact) mass is 332 g/mol. The van der Waals surface area contributed by atoms with Gasteiger partial charge in [-0.25, -0.2) is 4.79 Å². The molecule has 1 saturated heterocycles. The summed E-state index contributed by atoms with van der Waals surface area (Å²) in [7, 11) is 0. The number of aliphatic hydroxyl groups excluding tert-OH is 1. The van der Waals surface area contributed by atoms with Crippen LogP contribution >= 0.6 is 0 Å². The summed E-state index contributed by atoms with van der Waals surface area (Å²) >= 11 is 0. The molecule has 128 valence electrons. The van der Waals surface area contributed by atoms with E-state index in [1.54, 1.807) is 6.92 Å². The number of halogens is 3. The van der Waals surface area contributed by atoms with Crippen molar-refractivity contribution in [2.45, 2.75) is 38.3 Å². The highest BCUT2D eigenvalue weighted by Gasteiger charge is 2.31. The Hall–Kier alpha value is -1.96. The van der Waals surface area contributed by atoms with Crippen LogP contribution in [0.4, 0.5) is 18.0 Å². The molecule has 2 amide bonds. The van der Waals surface area contributed by atoms with E-state index in [1.807, 2.05) is 0 Å². The van der Waals surface area contributed by atoms with Gasteiger partial charge < -0.3 is 20.1 Å². The normalized spacial score (nSPS) is 20.0. The number of amides is 2. The number of hydrogen-bond acceptors (Lipinski definition) is 3. The maximum absolute atomic E-state index is 12.1.